The first-order valence-electron chi connectivity index (χ1n) is 8.49. The average Bonchev–Trinajstić information content (AvgIpc) is 3.00. The second-order valence-corrected chi connectivity index (χ2v) is 6.81. The predicted octanol–water partition coefficient (Wildman–Crippen LogP) is 2.62. The summed E-state index contributed by atoms with van der Waals surface area (Å²) < 4.78 is 1.84. The number of rotatable bonds is 3. The van der Waals surface area contributed by atoms with Crippen molar-refractivity contribution in [3.63, 3.8) is 0 Å². The first-order chi connectivity index (χ1) is 11.5. The van der Waals surface area contributed by atoms with Crippen LogP contribution in [0.15, 0.2) is 30.6 Å². The highest BCUT2D eigenvalue weighted by Gasteiger charge is 2.31. The molecule has 128 valence electrons. The summed E-state index contributed by atoms with van der Waals surface area (Å²) in [5.41, 5.74) is 2.92. The first kappa shape index (κ1) is 16.7. The molecule has 0 radical (unpaired) electrons. The number of hydrogen-bond donors (Lipinski definition) is 1. The fraction of sp³-hybridized carbons (Fsp3) is 0.474. The summed E-state index contributed by atoms with van der Waals surface area (Å²) in [5.74, 6) is 0.750. The minimum Gasteiger partial charge on any atom is -0.385 e. The number of nitrogens with zero attached hydrogens (tertiary/aromatic N) is 3. The number of aliphatic hydroxyl groups is 1. The van der Waals surface area contributed by atoms with Gasteiger partial charge in [-0.3, -0.25) is 4.79 Å². The van der Waals surface area contributed by atoms with E-state index in [0.717, 1.165) is 36.1 Å². The molecule has 1 fully saturated rings. The largest absolute Gasteiger partial charge is 0.385 e. The van der Waals surface area contributed by atoms with Gasteiger partial charge in [0.2, 0.25) is 0 Å². The lowest BCUT2D eigenvalue weighted by molar-refractivity contribution is 0.0358. The van der Waals surface area contributed by atoms with Crippen LogP contribution < -0.4 is 0 Å². The Morgan fingerprint density at radius 3 is 2.83 bits per heavy atom. The summed E-state index contributed by atoms with van der Waals surface area (Å²) in [6, 6.07) is 5.92. The molecule has 1 aliphatic heterocycles. The number of aromatic nitrogens is 2. The van der Waals surface area contributed by atoms with Gasteiger partial charge in [0.25, 0.3) is 5.91 Å². The van der Waals surface area contributed by atoms with Crippen molar-refractivity contribution in [2.45, 2.75) is 32.8 Å². The van der Waals surface area contributed by atoms with Crippen molar-refractivity contribution in [2.75, 3.05) is 13.1 Å². The predicted molar refractivity (Wildman–Crippen MR) is 92.7 cm³/mol. The van der Waals surface area contributed by atoms with Crippen LogP contribution in [0, 0.1) is 19.8 Å². The van der Waals surface area contributed by atoms with Crippen molar-refractivity contribution in [3.8, 4) is 0 Å². The summed E-state index contributed by atoms with van der Waals surface area (Å²) in [5, 5.41) is 10.7. The molecule has 0 aliphatic carbocycles. The van der Waals surface area contributed by atoms with Gasteiger partial charge in [-0.1, -0.05) is 17.7 Å². The second kappa shape index (κ2) is 6.77. The van der Waals surface area contributed by atoms with Gasteiger partial charge >= 0.3 is 0 Å². The van der Waals surface area contributed by atoms with Gasteiger partial charge in [0.15, 0.2) is 0 Å². The summed E-state index contributed by atoms with van der Waals surface area (Å²) in [7, 11) is 1.88. The van der Waals surface area contributed by atoms with E-state index >= 15 is 0 Å². The summed E-state index contributed by atoms with van der Waals surface area (Å²) in [6.45, 7) is 5.32. The molecular formula is C19H25N3O2. The molecule has 1 N–H and O–H groups in total. The number of hydrogen-bond acceptors (Lipinski definition) is 3. The highest BCUT2D eigenvalue weighted by Crippen LogP contribution is 2.29. The van der Waals surface area contributed by atoms with E-state index in [9.17, 15) is 9.90 Å². The number of imidazole rings is 1. The van der Waals surface area contributed by atoms with Crippen LogP contribution in [0.2, 0.25) is 0 Å². The molecule has 1 saturated heterocycles. The standard InChI is InChI=1S/C19H25N3O2/c1-13-6-7-16(14(2)11-13)19(24)22-9-4-5-15(12-22)17(23)18-20-8-10-21(18)3/h6-8,10-11,15,17,23H,4-5,9,12H2,1-3H3. The number of aryl methyl sites for hydroxylation is 3. The molecule has 2 atom stereocenters. The molecule has 3 rings (SSSR count). The van der Waals surface area contributed by atoms with Crippen LogP contribution in [-0.4, -0.2) is 38.6 Å². The van der Waals surface area contributed by atoms with Crippen LogP contribution in [0.5, 0.6) is 0 Å². The Hall–Kier alpha value is -2.14. The molecule has 2 aromatic rings. The van der Waals surface area contributed by atoms with E-state index in [1.165, 1.54) is 0 Å². The quantitative estimate of drug-likeness (QED) is 0.943. The van der Waals surface area contributed by atoms with Gasteiger partial charge < -0.3 is 14.6 Å². The normalized spacial score (nSPS) is 19.3. The number of benzene rings is 1. The molecule has 0 bridgehead atoms. The first-order valence-corrected chi connectivity index (χ1v) is 8.49. The van der Waals surface area contributed by atoms with Crippen molar-refractivity contribution in [1.29, 1.82) is 0 Å². The lowest BCUT2D eigenvalue weighted by Gasteiger charge is -2.35. The zero-order chi connectivity index (χ0) is 17.3. The molecule has 1 aromatic heterocycles. The van der Waals surface area contributed by atoms with E-state index in [1.807, 2.05) is 54.8 Å². The molecule has 1 amide bonds. The van der Waals surface area contributed by atoms with Gasteiger partial charge in [0.05, 0.1) is 0 Å². The number of amides is 1. The number of carbonyl (C=O) groups is 1. The van der Waals surface area contributed by atoms with Crippen LogP contribution in [0.25, 0.3) is 0 Å². The monoisotopic (exact) mass is 327 g/mol. The Labute approximate surface area is 142 Å². The van der Waals surface area contributed by atoms with E-state index in [4.69, 9.17) is 0 Å². The number of carbonyl (C=O) groups excluding carboxylic acids is 1. The summed E-state index contributed by atoms with van der Waals surface area (Å²) in [6.07, 6.45) is 4.70. The molecule has 24 heavy (non-hydrogen) atoms. The second-order valence-electron chi connectivity index (χ2n) is 6.81. The Kier molecular flexibility index (Phi) is 4.71. The molecular weight excluding hydrogens is 302 g/mol. The smallest absolute Gasteiger partial charge is 0.254 e. The van der Waals surface area contributed by atoms with Crippen molar-refractivity contribution >= 4 is 5.91 Å². The molecule has 1 aromatic carbocycles. The zero-order valence-electron chi connectivity index (χ0n) is 14.6. The van der Waals surface area contributed by atoms with Gasteiger partial charge in [0.1, 0.15) is 11.9 Å². The minimum atomic E-state index is -0.639. The third-order valence-electron chi connectivity index (χ3n) is 4.93. The van der Waals surface area contributed by atoms with E-state index in [-0.39, 0.29) is 11.8 Å². The average molecular weight is 327 g/mol. The summed E-state index contributed by atoms with van der Waals surface area (Å²) >= 11 is 0. The van der Waals surface area contributed by atoms with E-state index in [2.05, 4.69) is 4.98 Å². The van der Waals surface area contributed by atoms with Crippen LogP contribution in [0.1, 0.15) is 46.3 Å². The molecule has 2 heterocycles. The number of likely N-dealkylation sites (tertiary alicyclic amines) is 1. The van der Waals surface area contributed by atoms with Gasteiger partial charge in [-0.15, -0.1) is 0 Å². The van der Waals surface area contributed by atoms with Gasteiger partial charge in [-0.05, 0) is 38.3 Å². The van der Waals surface area contributed by atoms with Crippen LogP contribution in [0.4, 0.5) is 0 Å². The van der Waals surface area contributed by atoms with E-state index in [0.29, 0.717) is 12.4 Å². The maximum atomic E-state index is 12.9. The Morgan fingerprint density at radius 1 is 1.38 bits per heavy atom. The molecule has 0 saturated carbocycles. The van der Waals surface area contributed by atoms with Crippen LogP contribution in [0.3, 0.4) is 0 Å². The molecule has 5 heteroatoms. The Bertz CT molecular complexity index is 738. The summed E-state index contributed by atoms with van der Waals surface area (Å²) in [4.78, 5) is 19.0. The molecule has 5 nitrogen and oxygen atoms in total. The van der Waals surface area contributed by atoms with E-state index in [1.54, 1.807) is 6.20 Å². The maximum Gasteiger partial charge on any atom is 0.254 e. The van der Waals surface area contributed by atoms with Crippen molar-refractivity contribution in [3.05, 3.63) is 53.1 Å². The fourth-order valence-electron chi connectivity index (χ4n) is 3.55. The van der Waals surface area contributed by atoms with Gasteiger partial charge in [0, 0.05) is 44.0 Å². The minimum absolute atomic E-state index is 0.0227. The van der Waals surface area contributed by atoms with Crippen LogP contribution in [-0.2, 0) is 7.05 Å². The number of piperidine rings is 1. The van der Waals surface area contributed by atoms with E-state index < -0.39 is 6.10 Å². The SMILES string of the molecule is Cc1ccc(C(=O)N2CCCC(C(O)c3nccn3C)C2)c(C)c1. The van der Waals surface area contributed by atoms with Crippen molar-refractivity contribution < 1.29 is 9.90 Å². The molecule has 0 spiro atoms. The van der Waals surface area contributed by atoms with Gasteiger partial charge in [-0.2, -0.15) is 0 Å². The topological polar surface area (TPSA) is 58.4 Å². The van der Waals surface area contributed by atoms with Crippen LogP contribution >= 0.6 is 0 Å². The Morgan fingerprint density at radius 2 is 2.17 bits per heavy atom. The lowest BCUT2D eigenvalue weighted by atomic mass is 9.91. The molecule has 2 unspecified atom stereocenters. The third kappa shape index (κ3) is 3.22. The number of aliphatic hydroxyl groups excluding tert-OH is 1. The third-order valence-corrected chi connectivity index (χ3v) is 4.93. The zero-order valence-corrected chi connectivity index (χ0v) is 14.6. The highest BCUT2D eigenvalue weighted by atomic mass is 16.3. The van der Waals surface area contributed by atoms with Gasteiger partial charge in [-0.25, -0.2) is 4.98 Å². The fourth-order valence-corrected chi connectivity index (χ4v) is 3.55. The van der Waals surface area contributed by atoms with Crippen molar-refractivity contribution in [2.24, 2.45) is 13.0 Å². The van der Waals surface area contributed by atoms with Crippen molar-refractivity contribution in [1.82, 2.24) is 14.5 Å². The maximum absolute atomic E-state index is 12.9. The highest BCUT2D eigenvalue weighted by molar-refractivity contribution is 5.95. The lowest BCUT2D eigenvalue weighted by Crippen LogP contribution is -2.42. The Balaban J connectivity index is 1.75. The molecule has 1 aliphatic rings.